The second-order valence-corrected chi connectivity index (χ2v) is 9.12. The fourth-order valence-corrected chi connectivity index (χ4v) is 5.61. The van der Waals surface area contributed by atoms with Crippen molar-refractivity contribution in [2.45, 2.75) is 49.1 Å². The number of thioether (sulfide) groups is 1. The molecule has 0 saturated heterocycles. The van der Waals surface area contributed by atoms with E-state index in [2.05, 4.69) is 15.5 Å². The summed E-state index contributed by atoms with van der Waals surface area (Å²) in [7, 11) is 0. The Morgan fingerprint density at radius 3 is 2.92 bits per heavy atom. The maximum atomic E-state index is 12.6. The molecule has 25 heavy (non-hydrogen) atoms. The molecule has 0 bridgehead atoms. The summed E-state index contributed by atoms with van der Waals surface area (Å²) < 4.78 is 5.96. The number of nitrogens with one attached hydrogen (secondary N) is 1. The number of carbonyl (C=O) groups is 2. The second kappa shape index (κ2) is 8.29. The lowest BCUT2D eigenvalue weighted by Gasteiger charge is -2.13. The van der Waals surface area contributed by atoms with E-state index < -0.39 is 0 Å². The van der Waals surface area contributed by atoms with E-state index in [1.165, 1.54) is 39.3 Å². The third kappa shape index (κ3) is 4.21. The predicted molar refractivity (Wildman–Crippen MR) is 101 cm³/mol. The Morgan fingerprint density at radius 2 is 2.20 bits per heavy atom. The van der Waals surface area contributed by atoms with Crippen molar-refractivity contribution in [1.82, 2.24) is 10.2 Å². The molecular weight excluding hydrogens is 378 g/mol. The first-order valence-corrected chi connectivity index (χ1v) is 10.7. The van der Waals surface area contributed by atoms with E-state index in [4.69, 9.17) is 4.74 Å². The van der Waals surface area contributed by atoms with Crippen LogP contribution in [0.2, 0.25) is 0 Å². The number of fused-ring (bicyclic) bond motifs is 1. The Balaban J connectivity index is 1.80. The lowest BCUT2D eigenvalue weighted by Crippen LogP contribution is -2.23. The quantitative estimate of drug-likeness (QED) is 0.590. The monoisotopic (exact) mass is 397 g/mol. The van der Waals surface area contributed by atoms with Crippen molar-refractivity contribution in [2.24, 2.45) is 0 Å². The fraction of sp³-hybridized carbons (Fsp3) is 0.500. The van der Waals surface area contributed by atoms with Crippen LogP contribution < -0.4 is 5.32 Å². The summed E-state index contributed by atoms with van der Waals surface area (Å²) in [4.78, 5) is 26.2. The van der Waals surface area contributed by atoms with Crippen LogP contribution in [0.5, 0.6) is 0 Å². The van der Waals surface area contributed by atoms with E-state index in [0.717, 1.165) is 35.6 Å². The summed E-state index contributed by atoms with van der Waals surface area (Å²) in [5.74, 6) is -0.494. The van der Waals surface area contributed by atoms with E-state index in [0.29, 0.717) is 17.2 Å². The third-order valence-electron chi connectivity index (χ3n) is 3.87. The first-order chi connectivity index (χ1) is 12.1. The van der Waals surface area contributed by atoms with Crippen molar-refractivity contribution < 1.29 is 14.3 Å². The van der Waals surface area contributed by atoms with Crippen LogP contribution in [0.3, 0.4) is 0 Å². The molecule has 1 N–H and O–H groups in total. The number of hydrogen-bond donors (Lipinski definition) is 1. The van der Waals surface area contributed by atoms with Crippen molar-refractivity contribution in [3.05, 3.63) is 21.5 Å². The van der Waals surface area contributed by atoms with Crippen LogP contribution in [0.15, 0.2) is 9.85 Å². The van der Waals surface area contributed by atoms with E-state index in [9.17, 15) is 9.59 Å². The molecule has 1 amide bonds. The zero-order valence-electron chi connectivity index (χ0n) is 14.0. The topological polar surface area (TPSA) is 81.2 Å². The number of nitrogens with zero attached hydrogens (tertiary/aromatic N) is 2. The van der Waals surface area contributed by atoms with Crippen LogP contribution in [0, 0.1) is 0 Å². The molecule has 3 rings (SSSR count). The molecule has 0 aliphatic heterocycles. The molecule has 1 aliphatic carbocycles. The molecule has 0 radical (unpaired) electrons. The highest BCUT2D eigenvalue weighted by molar-refractivity contribution is 8.02. The summed E-state index contributed by atoms with van der Waals surface area (Å²) >= 11 is 4.26. The number of aromatic nitrogens is 2. The first kappa shape index (κ1) is 18.3. The van der Waals surface area contributed by atoms with Gasteiger partial charge in [0.15, 0.2) is 4.34 Å². The summed E-state index contributed by atoms with van der Waals surface area (Å²) in [5, 5.41) is 10.9. The summed E-state index contributed by atoms with van der Waals surface area (Å²) in [6, 6.07) is 0. The van der Waals surface area contributed by atoms with Crippen LogP contribution in [0.1, 0.15) is 47.5 Å². The lowest BCUT2D eigenvalue weighted by atomic mass is 9.95. The summed E-state index contributed by atoms with van der Waals surface area (Å²) in [6.07, 6.45) is 4.00. The standard InChI is InChI=1S/C16H19N3O3S3/c1-3-22-15(21)12-10-6-4-5-7-11(10)25-14(12)18-13(20)9(2)24-16-19-17-8-23-16/h8-9H,3-7H2,1-2H3,(H,18,20). The van der Waals surface area contributed by atoms with Gasteiger partial charge in [-0.15, -0.1) is 21.5 Å². The van der Waals surface area contributed by atoms with Gasteiger partial charge in [-0.1, -0.05) is 23.1 Å². The van der Waals surface area contributed by atoms with Gasteiger partial charge in [0.05, 0.1) is 17.4 Å². The number of thiophene rings is 1. The molecular formula is C16H19N3O3S3. The fourth-order valence-electron chi connectivity index (χ4n) is 2.71. The molecule has 0 aromatic carbocycles. The van der Waals surface area contributed by atoms with Gasteiger partial charge < -0.3 is 10.1 Å². The molecule has 0 spiro atoms. The third-order valence-corrected chi connectivity index (χ3v) is 6.99. The Labute approximate surface area is 158 Å². The molecule has 6 nitrogen and oxygen atoms in total. The lowest BCUT2D eigenvalue weighted by molar-refractivity contribution is -0.115. The second-order valence-electron chi connectivity index (χ2n) is 5.59. The van der Waals surface area contributed by atoms with Crippen molar-refractivity contribution in [1.29, 1.82) is 0 Å². The van der Waals surface area contributed by atoms with Gasteiger partial charge in [0.25, 0.3) is 0 Å². The van der Waals surface area contributed by atoms with E-state index >= 15 is 0 Å². The Hall–Kier alpha value is -1.45. The largest absolute Gasteiger partial charge is 0.462 e. The van der Waals surface area contributed by atoms with Crippen LogP contribution in [0.25, 0.3) is 0 Å². The molecule has 9 heteroatoms. The highest BCUT2D eigenvalue weighted by Crippen LogP contribution is 2.39. The number of ether oxygens (including phenoxy) is 1. The van der Waals surface area contributed by atoms with Crippen molar-refractivity contribution >= 4 is 51.3 Å². The molecule has 1 unspecified atom stereocenters. The molecule has 134 valence electrons. The van der Waals surface area contributed by atoms with Crippen LogP contribution in [-0.4, -0.2) is 33.9 Å². The van der Waals surface area contributed by atoms with Crippen LogP contribution in [-0.2, 0) is 22.4 Å². The Morgan fingerprint density at radius 1 is 1.40 bits per heavy atom. The van der Waals surface area contributed by atoms with Gasteiger partial charge in [0.2, 0.25) is 5.91 Å². The van der Waals surface area contributed by atoms with Crippen LogP contribution >= 0.6 is 34.4 Å². The van der Waals surface area contributed by atoms with Crippen molar-refractivity contribution in [3.8, 4) is 0 Å². The van der Waals surface area contributed by atoms with Crippen molar-refractivity contribution in [2.75, 3.05) is 11.9 Å². The number of carbonyl (C=O) groups excluding carboxylic acids is 2. The van der Waals surface area contributed by atoms with Gasteiger partial charge >= 0.3 is 5.97 Å². The minimum atomic E-state index is -0.346. The number of hydrogen-bond acceptors (Lipinski definition) is 8. The van der Waals surface area contributed by atoms with Gasteiger partial charge in [-0.2, -0.15) is 0 Å². The maximum Gasteiger partial charge on any atom is 0.341 e. The summed E-state index contributed by atoms with van der Waals surface area (Å²) in [6.45, 7) is 3.93. The van der Waals surface area contributed by atoms with Gasteiger partial charge in [-0.25, -0.2) is 4.79 Å². The minimum Gasteiger partial charge on any atom is -0.462 e. The van der Waals surface area contributed by atoms with E-state index in [-0.39, 0.29) is 17.1 Å². The molecule has 0 fully saturated rings. The molecule has 2 heterocycles. The number of esters is 1. The average molecular weight is 398 g/mol. The molecule has 1 atom stereocenters. The number of amides is 1. The average Bonchev–Trinajstić information content (AvgIpc) is 3.21. The molecule has 1 aliphatic rings. The van der Waals surface area contributed by atoms with Crippen molar-refractivity contribution in [3.63, 3.8) is 0 Å². The minimum absolute atomic E-state index is 0.149. The zero-order valence-corrected chi connectivity index (χ0v) is 16.5. The maximum absolute atomic E-state index is 12.6. The molecule has 0 saturated carbocycles. The first-order valence-electron chi connectivity index (χ1n) is 8.15. The summed E-state index contributed by atoms with van der Waals surface area (Å²) in [5.41, 5.74) is 3.23. The normalized spacial score (nSPS) is 14.6. The Bertz CT molecular complexity index is 758. The molecule has 2 aromatic rings. The SMILES string of the molecule is CCOC(=O)c1c(NC(=O)C(C)Sc2nncs2)sc2c1CCCC2. The van der Waals surface area contributed by atoms with E-state index in [1.807, 2.05) is 6.92 Å². The number of rotatable bonds is 6. The van der Waals surface area contributed by atoms with Gasteiger partial charge in [0, 0.05) is 4.88 Å². The van der Waals surface area contributed by atoms with Crippen LogP contribution in [0.4, 0.5) is 5.00 Å². The predicted octanol–water partition coefficient (Wildman–Crippen LogP) is 3.77. The van der Waals surface area contributed by atoms with Gasteiger partial charge in [0.1, 0.15) is 10.5 Å². The zero-order chi connectivity index (χ0) is 17.8. The van der Waals surface area contributed by atoms with E-state index in [1.54, 1.807) is 12.4 Å². The van der Waals surface area contributed by atoms with Gasteiger partial charge in [-0.3, -0.25) is 4.79 Å². The highest BCUT2D eigenvalue weighted by atomic mass is 32.2. The Kier molecular flexibility index (Phi) is 6.08. The number of anilines is 1. The highest BCUT2D eigenvalue weighted by Gasteiger charge is 2.28. The smallest absolute Gasteiger partial charge is 0.341 e. The number of aryl methyl sites for hydroxylation is 1. The molecule has 2 aromatic heterocycles. The van der Waals surface area contributed by atoms with Gasteiger partial charge in [-0.05, 0) is 45.1 Å².